The summed E-state index contributed by atoms with van der Waals surface area (Å²) in [5.41, 5.74) is 14.2. The fraction of sp³-hybridized carbons (Fsp3) is 0. The molecule has 9 aromatic carbocycles. The van der Waals surface area contributed by atoms with Crippen LogP contribution >= 0.6 is 11.3 Å². The summed E-state index contributed by atoms with van der Waals surface area (Å²) in [6, 6.07) is 79.3. The molecule has 0 radical (unpaired) electrons. The Morgan fingerprint density at radius 3 is 1.33 bits per heavy atom. The summed E-state index contributed by atoms with van der Waals surface area (Å²) in [4.78, 5) is 2.38. The van der Waals surface area contributed by atoms with Crippen LogP contribution < -0.4 is 4.90 Å². The van der Waals surface area contributed by atoms with Gasteiger partial charge in [-0.25, -0.2) is 0 Å². The van der Waals surface area contributed by atoms with E-state index in [2.05, 4.69) is 228 Å². The molecule has 57 heavy (non-hydrogen) atoms. The van der Waals surface area contributed by atoms with Crippen LogP contribution in [0.1, 0.15) is 0 Å². The predicted molar refractivity (Wildman–Crippen MR) is 245 cm³/mol. The van der Waals surface area contributed by atoms with Crippen LogP contribution in [0.15, 0.2) is 218 Å². The maximum Gasteiger partial charge on any atom is 0.0542 e. The molecule has 0 N–H and O–H groups in total. The fourth-order valence-electron chi connectivity index (χ4n) is 8.41. The number of hydrogen-bond acceptors (Lipinski definition) is 2. The summed E-state index contributed by atoms with van der Waals surface area (Å²) in [5.74, 6) is 0. The Bertz CT molecular complexity index is 3200. The standard InChI is InChI=1S/C54H36N2S/c1-4-12-37(13-5-1)39-20-26-44(27-21-39)55(46-30-31-52-48(36-46)47-18-10-11-19-51(47)56(52)43-16-8-3-9-17-43)45-28-22-40(23-29-45)42-25-33-54-50(35-42)49-34-41(24-32-53(49)57-54)38-14-6-2-7-15-38/h1-36H. The number of aromatic nitrogens is 1. The fourth-order valence-corrected chi connectivity index (χ4v) is 9.47. The minimum Gasteiger partial charge on any atom is -0.310 e. The Morgan fingerprint density at radius 1 is 0.298 bits per heavy atom. The van der Waals surface area contributed by atoms with Crippen molar-refractivity contribution >= 4 is 70.4 Å². The second-order valence-corrected chi connectivity index (χ2v) is 15.7. The van der Waals surface area contributed by atoms with E-state index >= 15 is 0 Å². The number of benzene rings is 9. The third kappa shape index (κ3) is 5.88. The molecule has 2 heterocycles. The van der Waals surface area contributed by atoms with Crippen LogP contribution in [0.4, 0.5) is 17.1 Å². The highest BCUT2D eigenvalue weighted by Crippen LogP contribution is 2.42. The van der Waals surface area contributed by atoms with E-state index in [1.54, 1.807) is 0 Å². The molecular formula is C54H36N2S. The van der Waals surface area contributed by atoms with Crippen molar-refractivity contribution in [2.75, 3.05) is 4.90 Å². The number of rotatable bonds is 7. The number of nitrogens with zero attached hydrogens (tertiary/aromatic N) is 2. The Morgan fingerprint density at radius 2 is 0.737 bits per heavy atom. The maximum atomic E-state index is 2.38. The molecule has 0 aliphatic carbocycles. The topological polar surface area (TPSA) is 8.17 Å². The minimum atomic E-state index is 1.10. The smallest absolute Gasteiger partial charge is 0.0542 e. The monoisotopic (exact) mass is 744 g/mol. The first-order valence-electron chi connectivity index (χ1n) is 19.4. The molecule has 0 unspecified atom stereocenters. The molecule has 2 aromatic heterocycles. The molecule has 0 fully saturated rings. The van der Waals surface area contributed by atoms with Crippen LogP contribution in [0.3, 0.4) is 0 Å². The zero-order chi connectivity index (χ0) is 37.7. The molecule has 3 heteroatoms. The first kappa shape index (κ1) is 33.2. The van der Waals surface area contributed by atoms with Crippen molar-refractivity contribution in [3.63, 3.8) is 0 Å². The first-order valence-corrected chi connectivity index (χ1v) is 20.2. The van der Waals surface area contributed by atoms with Gasteiger partial charge in [0.25, 0.3) is 0 Å². The van der Waals surface area contributed by atoms with E-state index in [0.717, 1.165) is 22.7 Å². The van der Waals surface area contributed by atoms with Crippen LogP contribution in [0.5, 0.6) is 0 Å². The van der Waals surface area contributed by atoms with E-state index in [0.29, 0.717) is 0 Å². The Kier molecular flexibility index (Phi) is 8.04. The van der Waals surface area contributed by atoms with Crippen molar-refractivity contribution in [3.05, 3.63) is 218 Å². The van der Waals surface area contributed by atoms with E-state index in [1.165, 1.54) is 75.4 Å². The van der Waals surface area contributed by atoms with Crippen LogP contribution in [0.25, 0.3) is 81.0 Å². The van der Waals surface area contributed by atoms with Gasteiger partial charge >= 0.3 is 0 Å². The number of thiophene rings is 1. The molecule has 0 aliphatic heterocycles. The molecular weight excluding hydrogens is 709 g/mol. The van der Waals surface area contributed by atoms with E-state index in [1.807, 2.05) is 11.3 Å². The van der Waals surface area contributed by atoms with E-state index < -0.39 is 0 Å². The summed E-state index contributed by atoms with van der Waals surface area (Å²) in [6.45, 7) is 0. The summed E-state index contributed by atoms with van der Waals surface area (Å²) < 4.78 is 5.00. The first-order chi connectivity index (χ1) is 28.2. The van der Waals surface area contributed by atoms with Crippen LogP contribution in [0, 0.1) is 0 Å². The van der Waals surface area contributed by atoms with Crippen molar-refractivity contribution in [2.45, 2.75) is 0 Å². The molecule has 0 saturated carbocycles. The Hall–Kier alpha value is -7.20. The van der Waals surface area contributed by atoms with Crippen molar-refractivity contribution in [2.24, 2.45) is 0 Å². The van der Waals surface area contributed by atoms with Gasteiger partial charge in [0.15, 0.2) is 0 Å². The number of anilines is 3. The molecule has 0 spiro atoms. The second-order valence-electron chi connectivity index (χ2n) is 14.6. The SMILES string of the molecule is c1ccc(-c2ccc(N(c3ccc(-c4ccc5sc6ccc(-c7ccccc7)cc6c5c4)cc3)c3ccc4c(c3)c3ccccc3n4-c3ccccc3)cc2)cc1. The zero-order valence-electron chi connectivity index (χ0n) is 31.1. The number of fused-ring (bicyclic) bond motifs is 6. The van der Waals surface area contributed by atoms with Gasteiger partial charge in [0, 0.05) is 53.7 Å². The molecule has 0 atom stereocenters. The largest absolute Gasteiger partial charge is 0.310 e. The molecule has 0 amide bonds. The summed E-state index contributed by atoms with van der Waals surface area (Å²) >= 11 is 1.86. The second kappa shape index (κ2) is 13.8. The van der Waals surface area contributed by atoms with Crippen molar-refractivity contribution in [1.29, 1.82) is 0 Å². The lowest BCUT2D eigenvalue weighted by Gasteiger charge is -2.26. The third-order valence-electron chi connectivity index (χ3n) is 11.2. The van der Waals surface area contributed by atoms with E-state index in [4.69, 9.17) is 0 Å². The highest BCUT2D eigenvalue weighted by atomic mass is 32.1. The molecule has 0 bridgehead atoms. The highest BCUT2D eigenvalue weighted by molar-refractivity contribution is 7.25. The van der Waals surface area contributed by atoms with Gasteiger partial charge in [-0.15, -0.1) is 11.3 Å². The molecule has 0 aliphatic rings. The number of para-hydroxylation sites is 2. The normalized spacial score (nSPS) is 11.5. The molecule has 11 rings (SSSR count). The van der Waals surface area contributed by atoms with Gasteiger partial charge in [-0.05, 0) is 118 Å². The average Bonchev–Trinajstić information content (AvgIpc) is 3.82. The molecule has 11 aromatic rings. The summed E-state index contributed by atoms with van der Waals surface area (Å²) in [5, 5.41) is 5.07. The van der Waals surface area contributed by atoms with Gasteiger partial charge in [0.05, 0.1) is 11.0 Å². The average molecular weight is 745 g/mol. The highest BCUT2D eigenvalue weighted by Gasteiger charge is 2.18. The molecule has 2 nitrogen and oxygen atoms in total. The summed E-state index contributed by atoms with van der Waals surface area (Å²) in [6.07, 6.45) is 0. The summed E-state index contributed by atoms with van der Waals surface area (Å²) in [7, 11) is 0. The molecule has 268 valence electrons. The van der Waals surface area contributed by atoms with Gasteiger partial charge in [0.2, 0.25) is 0 Å². The van der Waals surface area contributed by atoms with Gasteiger partial charge in [-0.2, -0.15) is 0 Å². The Balaban J connectivity index is 1.02. The van der Waals surface area contributed by atoms with Crippen molar-refractivity contribution in [1.82, 2.24) is 4.57 Å². The lowest BCUT2D eigenvalue weighted by atomic mass is 10.00. The van der Waals surface area contributed by atoms with Gasteiger partial charge in [0.1, 0.15) is 0 Å². The van der Waals surface area contributed by atoms with Crippen molar-refractivity contribution < 1.29 is 0 Å². The van der Waals surface area contributed by atoms with Gasteiger partial charge in [-0.1, -0.05) is 133 Å². The third-order valence-corrected chi connectivity index (χ3v) is 12.3. The maximum absolute atomic E-state index is 2.38. The van der Waals surface area contributed by atoms with Gasteiger partial charge < -0.3 is 9.47 Å². The zero-order valence-corrected chi connectivity index (χ0v) is 31.9. The van der Waals surface area contributed by atoms with Crippen LogP contribution in [-0.4, -0.2) is 4.57 Å². The van der Waals surface area contributed by atoms with E-state index in [-0.39, 0.29) is 0 Å². The predicted octanol–water partition coefficient (Wildman–Crippen LogP) is 15.6. The quantitative estimate of drug-likeness (QED) is 0.158. The molecule has 0 saturated heterocycles. The lowest BCUT2D eigenvalue weighted by Crippen LogP contribution is -2.10. The number of hydrogen-bond donors (Lipinski definition) is 0. The van der Waals surface area contributed by atoms with Crippen LogP contribution in [0.2, 0.25) is 0 Å². The van der Waals surface area contributed by atoms with Crippen LogP contribution in [-0.2, 0) is 0 Å². The van der Waals surface area contributed by atoms with Crippen molar-refractivity contribution in [3.8, 4) is 39.1 Å². The lowest BCUT2D eigenvalue weighted by molar-refractivity contribution is 1.18. The van der Waals surface area contributed by atoms with E-state index in [9.17, 15) is 0 Å². The Labute approximate surface area is 335 Å². The minimum absolute atomic E-state index is 1.10. The van der Waals surface area contributed by atoms with Gasteiger partial charge in [-0.3, -0.25) is 0 Å².